The number of rotatable bonds is 3. The average Bonchev–Trinajstić information content (AvgIpc) is 2.60. The number of ketones is 1. The predicted molar refractivity (Wildman–Crippen MR) is 103 cm³/mol. The fourth-order valence-corrected chi connectivity index (χ4v) is 4.38. The highest BCUT2D eigenvalue weighted by molar-refractivity contribution is 5.97. The van der Waals surface area contributed by atoms with Gasteiger partial charge in [-0.05, 0) is 56.0 Å². The Morgan fingerprint density at radius 3 is 2.54 bits per heavy atom. The third-order valence-corrected chi connectivity index (χ3v) is 5.82. The average molecular weight is 351 g/mol. The normalized spacial score (nSPS) is 25.2. The number of hydrogen-bond acceptors (Lipinski definition) is 4. The second kappa shape index (κ2) is 6.71. The van der Waals surface area contributed by atoms with E-state index in [1.165, 1.54) is 0 Å². The number of carbonyl (C=O) groups excluding carboxylic acids is 2. The molecule has 2 aliphatic carbocycles. The molecule has 0 radical (unpaired) electrons. The topological polar surface area (TPSA) is 62.3 Å². The molecule has 1 heterocycles. The standard InChI is InChI=1S/C21H25N3O2/c1-24(2)19-9-6-13-12-17(7-8-18(13)23-19)22-21(26)16-10-14-4-3-5-15(11-16)20(14)25/h6-9,12,14-16H,3-5,10-11H2,1-2H3,(H,22,26)/t14-,15+,16?. The van der Waals surface area contributed by atoms with Crippen LogP contribution in [0.2, 0.25) is 0 Å². The molecule has 1 amide bonds. The summed E-state index contributed by atoms with van der Waals surface area (Å²) in [5, 5.41) is 4.06. The van der Waals surface area contributed by atoms with Crippen molar-refractivity contribution in [2.45, 2.75) is 32.1 Å². The van der Waals surface area contributed by atoms with E-state index in [1.807, 2.05) is 49.3 Å². The van der Waals surface area contributed by atoms with E-state index < -0.39 is 0 Å². The summed E-state index contributed by atoms with van der Waals surface area (Å²) in [5.74, 6) is 1.51. The molecule has 2 aliphatic rings. The molecule has 2 saturated carbocycles. The molecular weight excluding hydrogens is 326 g/mol. The lowest BCUT2D eigenvalue weighted by molar-refractivity contribution is -0.136. The van der Waals surface area contributed by atoms with Crippen LogP contribution in [-0.2, 0) is 9.59 Å². The minimum Gasteiger partial charge on any atom is -0.363 e. The van der Waals surface area contributed by atoms with E-state index in [1.54, 1.807) is 0 Å². The number of anilines is 2. The fraction of sp³-hybridized carbons (Fsp3) is 0.476. The van der Waals surface area contributed by atoms with Gasteiger partial charge >= 0.3 is 0 Å². The first kappa shape index (κ1) is 17.0. The summed E-state index contributed by atoms with van der Waals surface area (Å²) in [6.45, 7) is 0. The van der Waals surface area contributed by atoms with Gasteiger partial charge in [0.25, 0.3) is 0 Å². The van der Waals surface area contributed by atoms with Crippen molar-refractivity contribution < 1.29 is 9.59 Å². The maximum atomic E-state index is 12.7. The lowest BCUT2D eigenvalue weighted by Gasteiger charge is -2.36. The van der Waals surface area contributed by atoms with Crippen LogP contribution in [0.15, 0.2) is 30.3 Å². The molecule has 0 aliphatic heterocycles. The van der Waals surface area contributed by atoms with Crippen LogP contribution in [0.5, 0.6) is 0 Å². The maximum Gasteiger partial charge on any atom is 0.227 e. The smallest absolute Gasteiger partial charge is 0.227 e. The number of fused-ring (bicyclic) bond motifs is 3. The van der Waals surface area contributed by atoms with Crippen LogP contribution in [0.4, 0.5) is 11.5 Å². The quantitative estimate of drug-likeness (QED) is 0.917. The third kappa shape index (κ3) is 3.18. The van der Waals surface area contributed by atoms with Gasteiger partial charge in [0, 0.05) is 42.9 Å². The molecule has 0 spiro atoms. The first-order chi connectivity index (χ1) is 12.5. The van der Waals surface area contributed by atoms with Gasteiger partial charge in [0.1, 0.15) is 11.6 Å². The highest BCUT2D eigenvalue weighted by Crippen LogP contribution is 2.40. The molecule has 0 saturated heterocycles. The largest absolute Gasteiger partial charge is 0.363 e. The van der Waals surface area contributed by atoms with E-state index in [-0.39, 0.29) is 23.7 Å². The van der Waals surface area contributed by atoms with Crippen molar-refractivity contribution in [3.8, 4) is 0 Å². The summed E-state index contributed by atoms with van der Waals surface area (Å²) in [5.41, 5.74) is 1.70. The number of benzene rings is 1. The van der Waals surface area contributed by atoms with Crippen LogP contribution in [0.3, 0.4) is 0 Å². The van der Waals surface area contributed by atoms with Gasteiger partial charge in [-0.15, -0.1) is 0 Å². The molecule has 1 N–H and O–H groups in total. The molecule has 5 nitrogen and oxygen atoms in total. The first-order valence-corrected chi connectivity index (χ1v) is 9.44. The van der Waals surface area contributed by atoms with Gasteiger partial charge in [0.2, 0.25) is 5.91 Å². The second-order valence-corrected chi connectivity index (χ2v) is 7.86. The van der Waals surface area contributed by atoms with E-state index >= 15 is 0 Å². The minimum atomic E-state index is -0.0482. The lowest BCUT2D eigenvalue weighted by atomic mass is 9.67. The molecule has 136 valence electrons. The van der Waals surface area contributed by atoms with Gasteiger partial charge < -0.3 is 10.2 Å². The van der Waals surface area contributed by atoms with E-state index in [0.717, 1.165) is 41.7 Å². The highest BCUT2D eigenvalue weighted by Gasteiger charge is 2.41. The molecule has 4 rings (SSSR count). The Morgan fingerprint density at radius 2 is 1.85 bits per heavy atom. The van der Waals surface area contributed by atoms with E-state index in [0.29, 0.717) is 18.6 Å². The van der Waals surface area contributed by atoms with Crippen molar-refractivity contribution in [3.63, 3.8) is 0 Å². The van der Waals surface area contributed by atoms with Gasteiger partial charge in [0.05, 0.1) is 5.52 Å². The molecule has 2 bridgehead atoms. The highest BCUT2D eigenvalue weighted by atomic mass is 16.2. The zero-order chi connectivity index (χ0) is 18.3. The number of nitrogens with zero attached hydrogens (tertiary/aromatic N) is 2. The van der Waals surface area contributed by atoms with Crippen LogP contribution in [0.25, 0.3) is 10.9 Å². The van der Waals surface area contributed by atoms with E-state index in [4.69, 9.17) is 0 Å². The lowest BCUT2D eigenvalue weighted by Crippen LogP contribution is -2.40. The Hall–Kier alpha value is -2.43. The van der Waals surface area contributed by atoms with Crippen molar-refractivity contribution in [3.05, 3.63) is 30.3 Å². The number of hydrogen-bond donors (Lipinski definition) is 1. The summed E-state index contributed by atoms with van der Waals surface area (Å²) in [4.78, 5) is 31.5. The number of Topliss-reactive ketones (excluding diaryl/α,β-unsaturated/α-hetero) is 1. The van der Waals surface area contributed by atoms with Crippen LogP contribution in [0.1, 0.15) is 32.1 Å². The molecule has 3 atom stereocenters. The van der Waals surface area contributed by atoms with E-state index in [9.17, 15) is 9.59 Å². The van der Waals surface area contributed by atoms with Gasteiger partial charge in [-0.1, -0.05) is 6.42 Å². The van der Waals surface area contributed by atoms with Crippen molar-refractivity contribution in [2.75, 3.05) is 24.3 Å². The van der Waals surface area contributed by atoms with Crippen LogP contribution < -0.4 is 10.2 Å². The maximum absolute atomic E-state index is 12.7. The third-order valence-electron chi connectivity index (χ3n) is 5.82. The van der Waals surface area contributed by atoms with Gasteiger partial charge in [-0.3, -0.25) is 9.59 Å². The molecule has 5 heteroatoms. The molecule has 2 fully saturated rings. The number of pyridine rings is 1. The Kier molecular flexibility index (Phi) is 4.39. The van der Waals surface area contributed by atoms with Gasteiger partial charge in [-0.2, -0.15) is 0 Å². The van der Waals surface area contributed by atoms with Crippen molar-refractivity contribution in [1.82, 2.24) is 4.98 Å². The molecule has 1 unspecified atom stereocenters. The zero-order valence-electron chi connectivity index (χ0n) is 15.4. The molecule has 2 aromatic rings. The summed E-state index contributed by atoms with van der Waals surface area (Å²) in [6, 6.07) is 9.81. The molecule has 1 aromatic heterocycles. The van der Waals surface area contributed by atoms with Crippen molar-refractivity contribution in [1.29, 1.82) is 0 Å². The zero-order valence-corrected chi connectivity index (χ0v) is 15.4. The van der Waals surface area contributed by atoms with E-state index in [2.05, 4.69) is 10.3 Å². The Bertz CT molecular complexity index is 845. The molecule has 26 heavy (non-hydrogen) atoms. The second-order valence-electron chi connectivity index (χ2n) is 7.86. The summed E-state index contributed by atoms with van der Waals surface area (Å²) in [7, 11) is 3.93. The first-order valence-electron chi connectivity index (χ1n) is 9.44. The van der Waals surface area contributed by atoms with Gasteiger partial charge in [0.15, 0.2) is 0 Å². The number of nitrogens with one attached hydrogen (secondary N) is 1. The predicted octanol–water partition coefficient (Wildman–Crippen LogP) is 3.63. The molecule has 1 aromatic carbocycles. The summed E-state index contributed by atoms with van der Waals surface area (Å²) >= 11 is 0. The molecular formula is C21H25N3O2. The van der Waals surface area contributed by atoms with Crippen LogP contribution in [-0.4, -0.2) is 30.8 Å². The Morgan fingerprint density at radius 1 is 1.12 bits per heavy atom. The number of carbonyl (C=O) groups is 2. The SMILES string of the molecule is CN(C)c1ccc2cc(NC(=O)C3C[C@H]4CCC[C@@H](C3)C4=O)ccc2n1. The Labute approximate surface area is 153 Å². The summed E-state index contributed by atoms with van der Waals surface area (Å²) in [6.07, 6.45) is 4.46. The van der Waals surface area contributed by atoms with Crippen LogP contribution >= 0.6 is 0 Å². The summed E-state index contributed by atoms with van der Waals surface area (Å²) < 4.78 is 0. The van der Waals surface area contributed by atoms with Gasteiger partial charge in [-0.25, -0.2) is 4.98 Å². The number of amides is 1. The Balaban J connectivity index is 1.49. The van der Waals surface area contributed by atoms with Crippen LogP contribution in [0, 0.1) is 17.8 Å². The monoisotopic (exact) mass is 351 g/mol. The number of aromatic nitrogens is 1. The van der Waals surface area contributed by atoms with Crippen molar-refractivity contribution >= 4 is 34.1 Å². The minimum absolute atomic E-state index is 0.0478. The fourth-order valence-electron chi connectivity index (χ4n) is 4.38. The van der Waals surface area contributed by atoms with Crippen molar-refractivity contribution in [2.24, 2.45) is 17.8 Å².